The number of hydrogen-bond donors (Lipinski definition) is 2. The smallest absolute Gasteiger partial charge is 0.0611 e. The average Bonchev–Trinajstić information content (AvgIpc) is 3.17. The van der Waals surface area contributed by atoms with E-state index in [1.165, 1.54) is 19.3 Å². The Balaban J connectivity index is 2.25. The minimum absolute atomic E-state index is 0.101. The maximum atomic E-state index is 9.61. The summed E-state index contributed by atoms with van der Waals surface area (Å²) < 4.78 is 0. The van der Waals surface area contributed by atoms with Crippen molar-refractivity contribution in [2.24, 2.45) is 0 Å². The van der Waals surface area contributed by atoms with Crippen LogP contribution in [0.4, 0.5) is 0 Å². The van der Waals surface area contributed by atoms with Crippen molar-refractivity contribution >= 4 is 0 Å². The van der Waals surface area contributed by atoms with Crippen molar-refractivity contribution in [1.29, 1.82) is 0 Å². The van der Waals surface area contributed by atoms with Crippen LogP contribution < -0.4 is 5.32 Å². The van der Waals surface area contributed by atoms with E-state index in [2.05, 4.69) is 43.1 Å². The maximum Gasteiger partial charge on any atom is 0.0611 e. The molecule has 1 unspecified atom stereocenters. The van der Waals surface area contributed by atoms with Crippen LogP contribution in [0.2, 0.25) is 0 Å². The monoisotopic (exact) mass is 271 g/mol. The predicted octanol–water partition coefficient (Wildman–Crippen LogP) is 1.15. The molecule has 1 fully saturated rings. The van der Waals surface area contributed by atoms with Gasteiger partial charge in [0, 0.05) is 11.6 Å². The van der Waals surface area contributed by atoms with Gasteiger partial charge in [-0.25, -0.2) is 0 Å². The molecule has 4 nitrogen and oxygen atoms in total. The SMILES string of the molecule is CCN(CCCN(C)C)CCC(C)(CO)NC1CC1. The standard InChI is InChI=1S/C15H33N3O/c1-5-18(11-6-10-17(3)4)12-9-15(2,13-19)16-14-7-8-14/h14,16,19H,5-13H2,1-4H3. The van der Waals surface area contributed by atoms with Crippen LogP contribution in [0.25, 0.3) is 0 Å². The second-order valence-corrected chi connectivity index (χ2v) is 6.48. The highest BCUT2D eigenvalue weighted by Gasteiger charge is 2.31. The Hall–Kier alpha value is -0.160. The lowest BCUT2D eigenvalue weighted by molar-refractivity contribution is 0.143. The summed E-state index contributed by atoms with van der Waals surface area (Å²) in [4.78, 5) is 4.73. The summed E-state index contributed by atoms with van der Waals surface area (Å²) in [6.45, 7) is 9.07. The third kappa shape index (κ3) is 7.25. The predicted molar refractivity (Wildman–Crippen MR) is 81.6 cm³/mol. The molecule has 1 atom stereocenters. The van der Waals surface area contributed by atoms with E-state index in [1.807, 2.05) is 0 Å². The van der Waals surface area contributed by atoms with Crippen LogP contribution in [0.5, 0.6) is 0 Å². The van der Waals surface area contributed by atoms with E-state index in [9.17, 15) is 5.11 Å². The van der Waals surface area contributed by atoms with Crippen LogP contribution in [-0.2, 0) is 0 Å². The fourth-order valence-corrected chi connectivity index (χ4v) is 2.36. The van der Waals surface area contributed by atoms with Gasteiger partial charge in [0.25, 0.3) is 0 Å². The zero-order valence-corrected chi connectivity index (χ0v) is 13.3. The molecule has 1 aliphatic rings. The Kier molecular flexibility index (Phi) is 7.29. The molecule has 0 radical (unpaired) electrons. The summed E-state index contributed by atoms with van der Waals surface area (Å²) in [5.41, 5.74) is -0.101. The van der Waals surface area contributed by atoms with Gasteiger partial charge in [-0.2, -0.15) is 0 Å². The number of rotatable bonds is 11. The molecule has 0 aromatic rings. The topological polar surface area (TPSA) is 38.7 Å². The summed E-state index contributed by atoms with van der Waals surface area (Å²) in [7, 11) is 4.25. The second-order valence-electron chi connectivity index (χ2n) is 6.48. The molecule has 114 valence electrons. The molecule has 0 spiro atoms. The third-order valence-electron chi connectivity index (χ3n) is 3.99. The largest absolute Gasteiger partial charge is 0.394 e. The normalized spacial score (nSPS) is 19.1. The molecule has 1 saturated carbocycles. The van der Waals surface area contributed by atoms with E-state index in [0.29, 0.717) is 6.04 Å². The highest BCUT2D eigenvalue weighted by molar-refractivity contribution is 4.92. The van der Waals surface area contributed by atoms with Crippen molar-refractivity contribution in [3.8, 4) is 0 Å². The third-order valence-corrected chi connectivity index (χ3v) is 3.99. The first-order chi connectivity index (χ1) is 8.99. The van der Waals surface area contributed by atoms with Gasteiger partial charge in [0.2, 0.25) is 0 Å². The Morgan fingerprint density at radius 1 is 1.21 bits per heavy atom. The molecule has 0 saturated heterocycles. The van der Waals surface area contributed by atoms with Gasteiger partial charge in [0.05, 0.1) is 6.61 Å². The first kappa shape index (κ1) is 16.9. The van der Waals surface area contributed by atoms with Crippen molar-refractivity contribution in [3.63, 3.8) is 0 Å². The van der Waals surface area contributed by atoms with E-state index in [0.717, 1.165) is 32.6 Å². The molecule has 19 heavy (non-hydrogen) atoms. The number of aliphatic hydroxyl groups excluding tert-OH is 1. The summed E-state index contributed by atoms with van der Waals surface area (Å²) in [5, 5.41) is 13.2. The molecule has 2 N–H and O–H groups in total. The van der Waals surface area contributed by atoms with Crippen LogP contribution in [-0.4, -0.2) is 73.4 Å². The first-order valence-corrected chi connectivity index (χ1v) is 7.74. The van der Waals surface area contributed by atoms with Crippen LogP contribution in [0.1, 0.15) is 39.5 Å². The first-order valence-electron chi connectivity index (χ1n) is 7.74. The summed E-state index contributed by atoms with van der Waals surface area (Å²) in [6.07, 6.45) is 4.79. The second kappa shape index (κ2) is 8.20. The molecule has 1 aliphatic carbocycles. The van der Waals surface area contributed by atoms with Gasteiger partial charge in [-0.3, -0.25) is 0 Å². The fourth-order valence-electron chi connectivity index (χ4n) is 2.36. The summed E-state index contributed by atoms with van der Waals surface area (Å²) in [5.74, 6) is 0. The van der Waals surface area contributed by atoms with Gasteiger partial charge in [-0.15, -0.1) is 0 Å². The van der Waals surface area contributed by atoms with Gasteiger partial charge < -0.3 is 20.2 Å². The molecule has 0 aromatic carbocycles. The van der Waals surface area contributed by atoms with Crippen molar-refractivity contribution in [3.05, 3.63) is 0 Å². The molecule has 0 amide bonds. The number of nitrogens with one attached hydrogen (secondary N) is 1. The Labute approximate surface area is 119 Å². The van der Waals surface area contributed by atoms with E-state index in [4.69, 9.17) is 0 Å². The quantitative estimate of drug-likeness (QED) is 0.591. The minimum Gasteiger partial charge on any atom is -0.394 e. The van der Waals surface area contributed by atoms with Crippen molar-refractivity contribution in [1.82, 2.24) is 15.1 Å². The van der Waals surface area contributed by atoms with E-state index < -0.39 is 0 Å². The van der Waals surface area contributed by atoms with Gasteiger partial charge in [0.1, 0.15) is 0 Å². The van der Waals surface area contributed by atoms with Gasteiger partial charge >= 0.3 is 0 Å². The van der Waals surface area contributed by atoms with Gasteiger partial charge in [-0.1, -0.05) is 6.92 Å². The van der Waals surface area contributed by atoms with Crippen LogP contribution in [0.3, 0.4) is 0 Å². The molecular formula is C15H33N3O. The lowest BCUT2D eigenvalue weighted by Crippen LogP contribution is -2.49. The Morgan fingerprint density at radius 2 is 1.89 bits per heavy atom. The lowest BCUT2D eigenvalue weighted by Gasteiger charge is -2.32. The molecule has 0 bridgehead atoms. The number of hydrogen-bond acceptors (Lipinski definition) is 4. The lowest BCUT2D eigenvalue weighted by atomic mass is 9.98. The zero-order chi connectivity index (χ0) is 14.3. The minimum atomic E-state index is -0.101. The van der Waals surface area contributed by atoms with Crippen molar-refractivity contribution in [2.45, 2.75) is 51.1 Å². The van der Waals surface area contributed by atoms with Gasteiger partial charge in [-0.05, 0) is 72.9 Å². The highest BCUT2D eigenvalue weighted by Crippen LogP contribution is 2.24. The Morgan fingerprint density at radius 3 is 2.37 bits per heavy atom. The average molecular weight is 271 g/mol. The molecule has 0 heterocycles. The Bertz CT molecular complexity index is 244. The fraction of sp³-hybridized carbons (Fsp3) is 1.00. The number of aliphatic hydroxyl groups is 1. The molecule has 0 aliphatic heterocycles. The molecular weight excluding hydrogens is 238 g/mol. The molecule has 4 heteroatoms. The van der Waals surface area contributed by atoms with Crippen LogP contribution >= 0.6 is 0 Å². The summed E-state index contributed by atoms with van der Waals surface area (Å²) in [6, 6.07) is 0.654. The van der Waals surface area contributed by atoms with Crippen LogP contribution in [0.15, 0.2) is 0 Å². The van der Waals surface area contributed by atoms with E-state index >= 15 is 0 Å². The van der Waals surface area contributed by atoms with Crippen molar-refractivity contribution in [2.75, 3.05) is 46.9 Å². The maximum absolute atomic E-state index is 9.61. The highest BCUT2D eigenvalue weighted by atomic mass is 16.3. The molecule has 0 aromatic heterocycles. The van der Waals surface area contributed by atoms with E-state index in [1.54, 1.807) is 0 Å². The van der Waals surface area contributed by atoms with Crippen LogP contribution in [0, 0.1) is 0 Å². The van der Waals surface area contributed by atoms with Gasteiger partial charge in [0.15, 0.2) is 0 Å². The zero-order valence-electron chi connectivity index (χ0n) is 13.3. The molecule has 1 rings (SSSR count). The van der Waals surface area contributed by atoms with Crippen molar-refractivity contribution < 1.29 is 5.11 Å². The van der Waals surface area contributed by atoms with E-state index in [-0.39, 0.29) is 12.1 Å². The summed E-state index contributed by atoms with van der Waals surface area (Å²) >= 11 is 0. The number of nitrogens with zero attached hydrogens (tertiary/aromatic N) is 2.